The number of aromatic nitrogens is 4. The molecule has 1 aliphatic heterocycles. The number of nitrogens with one attached hydrogen (secondary N) is 2. The summed E-state index contributed by atoms with van der Waals surface area (Å²) in [5, 5.41) is 10.6. The number of aryl methyl sites for hydroxylation is 2. The second-order valence-corrected chi connectivity index (χ2v) is 8.06. The first kappa shape index (κ1) is 21.0. The number of hydrogen-bond donors (Lipinski definition) is 2. The number of piperidine rings is 1. The van der Waals surface area contributed by atoms with E-state index in [1.54, 1.807) is 10.9 Å². The molecule has 0 saturated carbocycles. The van der Waals surface area contributed by atoms with Gasteiger partial charge in [0.1, 0.15) is 11.6 Å². The van der Waals surface area contributed by atoms with Gasteiger partial charge in [0.25, 0.3) is 0 Å². The van der Waals surface area contributed by atoms with Gasteiger partial charge in [-0.05, 0) is 64.0 Å². The standard InChI is InChI=1S/C23H29N7O/c1-16-23(17(2)29(3)28-16)27-22(31)15-30-13-10-18(11-14-30)19-7-6-9-21(25-19)26-20-8-4-5-12-24-20/h4-9,12,18H,10-11,13-15H2,1-3H3,(H,27,31)(H,24,25,26). The van der Waals surface area contributed by atoms with E-state index in [1.807, 2.05) is 51.2 Å². The largest absolute Gasteiger partial charge is 0.325 e. The lowest BCUT2D eigenvalue weighted by atomic mass is 9.93. The predicted molar refractivity (Wildman–Crippen MR) is 121 cm³/mol. The fourth-order valence-corrected chi connectivity index (χ4v) is 4.04. The first-order valence-corrected chi connectivity index (χ1v) is 10.7. The van der Waals surface area contributed by atoms with Crippen LogP contribution in [0, 0.1) is 13.8 Å². The van der Waals surface area contributed by atoms with Crippen LogP contribution >= 0.6 is 0 Å². The molecule has 1 aliphatic rings. The zero-order valence-corrected chi connectivity index (χ0v) is 18.3. The minimum Gasteiger partial charge on any atom is -0.325 e. The third kappa shape index (κ3) is 5.08. The fourth-order valence-electron chi connectivity index (χ4n) is 4.04. The van der Waals surface area contributed by atoms with Crippen LogP contribution < -0.4 is 10.6 Å². The van der Waals surface area contributed by atoms with Crippen molar-refractivity contribution in [1.29, 1.82) is 0 Å². The molecule has 2 N–H and O–H groups in total. The summed E-state index contributed by atoms with van der Waals surface area (Å²) in [7, 11) is 1.89. The molecule has 31 heavy (non-hydrogen) atoms. The van der Waals surface area contributed by atoms with Gasteiger partial charge in [-0.1, -0.05) is 12.1 Å². The molecule has 8 nitrogen and oxygen atoms in total. The van der Waals surface area contributed by atoms with Crippen LogP contribution in [0.4, 0.5) is 17.3 Å². The Hall–Kier alpha value is -3.26. The number of rotatable bonds is 6. The molecule has 3 aromatic heterocycles. The van der Waals surface area contributed by atoms with E-state index in [1.165, 1.54) is 0 Å². The average Bonchev–Trinajstić information content (AvgIpc) is 3.01. The van der Waals surface area contributed by atoms with E-state index < -0.39 is 0 Å². The van der Waals surface area contributed by atoms with Gasteiger partial charge in [-0.25, -0.2) is 9.97 Å². The number of likely N-dealkylation sites (tertiary alicyclic amines) is 1. The first-order chi connectivity index (χ1) is 15.0. The molecule has 0 unspecified atom stereocenters. The van der Waals surface area contributed by atoms with E-state index in [2.05, 4.69) is 31.7 Å². The summed E-state index contributed by atoms with van der Waals surface area (Å²) in [6.07, 6.45) is 3.73. The maximum Gasteiger partial charge on any atom is 0.238 e. The fraction of sp³-hybridized carbons (Fsp3) is 0.391. The second-order valence-electron chi connectivity index (χ2n) is 8.06. The number of pyridine rings is 2. The van der Waals surface area contributed by atoms with Crippen molar-refractivity contribution < 1.29 is 4.79 Å². The molecule has 162 valence electrons. The van der Waals surface area contributed by atoms with Gasteiger partial charge in [-0.2, -0.15) is 5.10 Å². The molecule has 0 spiro atoms. The molecule has 1 amide bonds. The summed E-state index contributed by atoms with van der Waals surface area (Å²) in [5.74, 6) is 2.00. The highest BCUT2D eigenvalue weighted by molar-refractivity contribution is 5.93. The normalized spacial score (nSPS) is 15.1. The Morgan fingerprint density at radius 1 is 1.10 bits per heavy atom. The second kappa shape index (κ2) is 9.26. The summed E-state index contributed by atoms with van der Waals surface area (Å²) < 4.78 is 1.79. The van der Waals surface area contributed by atoms with Crippen molar-refractivity contribution >= 4 is 23.2 Å². The van der Waals surface area contributed by atoms with Crippen molar-refractivity contribution in [3.8, 4) is 0 Å². The van der Waals surface area contributed by atoms with Crippen molar-refractivity contribution in [2.45, 2.75) is 32.6 Å². The lowest BCUT2D eigenvalue weighted by Gasteiger charge is -2.31. The van der Waals surface area contributed by atoms with E-state index in [0.29, 0.717) is 12.5 Å². The van der Waals surface area contributed by atoms with Gasteiger partial charge in [0.2, 0.25) is 5.91 Å². The highest BCUT2D eigenvalue weighted by atomic mass is 16.2. The van der Waals surface area contributed by atoms with Crippen molar-refractivity contribution in [3.63, 3.8) is 0 Å². The Bertz CT molecular complexity index is 1040. The lowest BCUT2D eigenvalue weighted by molar-refractivity contribution is -0.117. The van der Waals surface area contributed by atoms with E-state index in [0.717, 1.165) is 60.3 Å². The third-order valence-electron chi connectivity index (χ3n) is 5.84. The molecular weight excluding hydrogens is 390 g/mol. The number of amides is 1. The molecular formula is C23H29N7O. The van der Waals surface area contributed by atoms with Gasteiger partial charge in [0.15, 0.2) is 0 Å². The Morgan fingerprint density at radius 2 is 1.87 bits per heavy atom. The molecule has 1 saturated heterocycles. The summed E-state index contributed by atoms with van der Waals surface area (Å²) in [6.45, 7) is 6.03. The van der Waals surface area contributed by atoms with Crippen molar-refractivity contribution in [1.82, 2.24) is 24.6 Å². The molecule has 0 aromatic carbocycles. The molecule has 8 heteroatoms. The van der Waals surface area contributed by atoms with Gasteiger partial charge in [-0.3, -0.25) is 14.4 Å². The zero-order valence-electron chi connectivity index (χ0n) is 18.3. The predicted octanol–water partition coefficient (Wildman–Crippen LogP) is 3.39. The van der Waals surface area contributed by atoms with Crippen molar-refractivity contribution in [2.24, 2.45) is 7.05 Å². The van der Waals surface area contributed by atoms with E-state index in [-0.39, 0.29) is 5.91 Å². The van der Waals surface area contributed by atoms with E-state index >= 15 is 0 Å². The van der Waals surface area contributed by atoms with Gasteiger partial charge in [-0.15, -0.1) is 0 Å². The molecule has 4 rings (SSSR count). The van der Waals surface area contributed by atoms with Crippen LogP contribution in [0.15, 0.2) is 42.6 Å². The maximum absolute atomic E-state index is 12.5. The van der Waals surface area contributed by atoms with Crippen molar-refractivity contribution in [3.05, 3.63) is 59.7 Å². The van der Waals surface area contributed by atoms with Gasteiger partial charge in [0, 0.05) is 24.9 Å². The Morgan fingerprint density at radius 3 is 2.55 bits per heavy atom. The first-order valence-electron chi connectivity index (χ1n) is 10.7. The van der Waals surface area contributed by atoms with Crippen LogP contribution in [-0.4, -0.2) is 50.2 Å². The third-order valence-corrected chi connectivity index (χ3v) is 5.84. The number of anilines is 3. The van der Waals surface area contributed by atoms with Crippen LogP contribution in [0.25, 0.3) is 0 Å². The highest BCUT2D eigenvalue weighted by Gasteiger charge is 2.24. The smallest absolute Gasteiger partial charge is 0.238 e. The average molecular weight is 420 g/mol. The molecule has 0 bridgehead atoms. The molecule has 4 heterocycles. The number of hydrogen-bond acceptors (Lipinski definition) is 6. The molecule has 3 aromatic rings. The van der Waals surface area contributed by atoms with Crippen LogP contribution in [0.2, 0.25) is 0 Å². The molecule has 0 atom stereocenters. The van der Waals surface area contributed by atoms with Crippen molar-refractivity contribution in [2.75, 3.05) is 30.3 Å². The molecule has 1 fully saturated rings. The SMILES string of the molecule is Cc1nn(C)c(C)c1NC(=O)CN1CCC(c2cccc(Nc3ccccn3)n2)CC1. The minimum atomic E-state index is 0.0114. The summed E-state index contributed by atoms with van der Waals surface area (Å²) in [5.41, 5.74) is 3.72. The topological polar surface area (TPSA) is 88.0 Å². The zero-order chi connectivity index (χ0) is 21.8. The van der Waals surface area contributed by atoms with Crippen LogP contribution in [-0.2, 0) is 11.8 Å². The van der Waals surface area contributed by atoms with E-state index in [9.17, 15) is 4.79 Å². The number of carbonyl (C=O) groups excluding carboxylic acids is 1. The summed E-state index contributed by atoms with van der Waals surface area (Å²) in [6, 6.07) is 11.8. The maximum atomic E-state index is 12.5. The van der Waals surface area contributed by atoms with Gasteiger partial charge in [0.05, 0.1) is 23.6 Å². The molecule has 0 radical (unpaired) electrons. The summed E-state index contributed by atoms with van der Waals surface area (Å²) in [4.78, 5) is 23.9. The quantitative estimate of drug-likeness (QED) is 0.637. The highest BCUT2D eigenvalue weighted by Crippen LogP contribution is 2.28. The van der Waals surface area contributed by atoms with Gasteiger partial charge < -0.3 is 10.6 Å². The van der Waals surface area contributed by atoms with E-state index in [4.69, 9.17) is 4.98 Å². The number of carbonyl (C=O) groups is 1. The number of nitrogens with zero attached hydrogens (tertiary/aromatic N) is 5. The summed E-state index contributed by atoms with van der Waals surface area (Å²) >= 11 is 0. The van der Waals surface area contributed by atoms with Gasteiger partial charge >= 0.3 is 0 Å². The lowest BCUT2D eigenvalue weighted by Crippen LogP contribution is -2.39. The Balaban J connectivity index is 1.30. The minimum absolute atomic E-state index is 0.0114. The Labute approximate surface area is 182 Å². The monoisotopic (exact) mass is 419 g/mol. The van der Waals surface area contributed by atoms with Crippen LogP contribution in [0.1, 0.15) is 35.8 Å². The Kier molecular flexibility index (Phi) is 6.27. The van der Waals surface area contributed by atoms with Crippen LogP contribution in [0.3, 0.4) is 0 Å². The van der Waals surface area contributed by atoms with Crippen LogP contribution in [0.5, 0.6) is 0 Å². The molecule has 0 aliphatic carbocycles.